The van der Waals surface area contributed by atoms with E-state index in [1.807, 2.05) is 33.9 Å². The van der Waals surface area contributed by atoms with Gasteiger partial charge in [0.2, 0.25) is 0 Å². The molecule has 0 saturated carbocycles. The van der Waals surface area contributed by atoms with Crippen LogP contribution in [0.15, 0.2) is 23.8 Å². The summed E-state index contributed by atoms with van der Waals surface area (Å²) in [5.41, 5.74) is 2.62. The van der Waals surface area contributed by atoms with E-state index >= 15 is 0 Å². The number of imidazole rings is 1. The second-order valence-corrected chi connectivity index (χ2v) is 6.58. The molecule has 0 aromatic carbocycles. The van der Waals surface area contributed by atoms with Crippen molar-refractivity contribution in [3.8, 4) is 0 Å². The maximum atomic E-state index is 13.0. The molecule has 1 amide bonds. The van der Waals surface area contributed by atoms with E-state index in [0.29, 0.717) is 11.6 Å². The molecule has 114 valence electrons. The van der Waals surface area contributed by atoms with Crippen molar-refractivity contribution >= 4 is 22.2 Å². The Labute approximate surface area is 131 Å². The number of hydrogen-bond donors (Lipinski definition) is 1. The molecule has 0 bridgehead atoms. The molecule has 1 aliphatic rings. The Kier molecular flexibility index (Phi) is 3.22. The van der Waals surface area contributed by atoms with Gasteiger partial charge in [0, 0.05) is 42.5 Å². The van der Waals surface area contributed by atoms with Crippen LogP contribution in [-0.4, -0.2) is 43.5 Å². The first-order valence-corrected chi connectivity index (χ1v) is 8.32. The van der Waals surface area contributed by atoms with E-state index in [0.717, 1.165) is 42.3 Å². The summed E-state index contributed by atoms with van der Waals surface area (Å²) in [5, 5.41) is 9.02. The molecular formula is C15H17N5OS. The van der Waals surface area contributed by atoms with Crippen LogP contribution in [0, 0.1) is 6.92 Å². The van der Waals surface area contributed by atoms with Crippen molar-refractivity contribution in [1.29, 1.82) is 0 Å². The molecule has 1 aliphatic heterocycles. The van der Waals surface area contributed by atoms with E-state index in [-0.39, 0.29) is 5.91 Å². The van der Waals surface area contributed by atoms with Gasteiger partial charge in [0.15, 0.2) is 4.96 Å². The van der Waals surface area contributed by atoms with Crippen molar-refractivity contribution in [2.24, 2.45) is 0 Å². The van der Waals surface area contributed by atoms with Gasteiger partial charge < -0.3 is 4.90 Å². The van der Waals surface area contributed by atoms with Crippen molar-refractivity contribution in [2.75, 3.05) is 13.1 Å². The van der Waals surface area contributed by atoms with Crippen LogP contribution in [0.3, 0.4) is 0 Å². The van der Waals surface area contributed by atoms with Crippen molar-refractivity contribution in [1.82, 2.24) is 24.5 Å². The molecule has 1 fully saturated rings. The smallest absolute Gasteiger partial charge is 0.272 e. The number of thiazole rings is 1. The highest BCUT2D eigenvalue weighted by Crippen LogP contribution is 2.27. The summed E-state index contributed by atoms with van der Waals surface area (Å²) >= 11 is 1.55. The summed E-state index contributed by atoms with van der Waals surface area (Å²) in [6.45, 7) is 3.45. The number of nitrogens with one attached hydrogen (secondary N) is 1. The van der Waals surface area contributed by atoms with Gasteiger partial charge in [-0.15, -0.1) is 11.3 Å². The molecule has 3 aromatic rings. The van der Waals surface area contributed by atoms with Gasteiger partial charge in [-0.05, 0) is 25.8 Å². The number of aromatic amines is 1. The number of carbonyl (C=O) groups excluding carboxylic acids is 1. The number of nitrogens with zero attached hydrogens (tertiary/aromatic N) is 4. The molecule has 22 heavy (non-hydrogen) atoms. The lowest BCUT2D eigenvalue weighted by Crippen LogP contribution is -2.40. The molecule has 1 N–H and O–H groups in total. The fraction of sp³-hybridized carbons (Fsp3) is 0.400. The highest BCUT2D eigenvalue weighted by Gasteiger charge is 2.29. The number of likely N-dealkylation sites (tertiary alicyclic amines) is 1. The van der Waals surface area contributed by atoms with Crippen molar-refractivity contribution in [3.63, 3.8) is 0 Å². The van der Waals surface area contributed by atoms with Crippen LogP contribution in [0.2, 0.25) is 0 Å². The van der Waals surface area contributed by atoms with Gasteiger partial charge in [-0.2, -0.15) is 5.10 Å². The number of fused-ring (bicyclic) bond motifs is 1. The summed E-state index contributed by atoms with van der Waals surface area (Å²) in [4.78, 5) is 20.3. The third-order valence-corrected chi connectivity index (χ3v) is 5.07. The van der Waals surface area contributed by atoms with Crippen LogP contribution < -0.4 is 0 Å². The quantitative estimate of drug-likeness (QED) is 0.790. The summed E-state index contributed by atoms with van der Waals surface area (Å²) in [7, 11) is 0. The van der Waals surface area contributed by atoms with E-state index < -0.39 is 0 Å². The largest absolute Gasteiger partial charge is 0.337 e. The Balaban J connectivity index is 1.62. The van der Waals surface area contributed by atoms with Gasteiger partial charge in [0.05, 0.1) is 5.69 Å². The Hall–Kier alpha value is -2.15. The number of rotatable bonds is 2. The Morgan fingerprint density at radius 1 is 1.50 bits per heavy atom. The van der Waals surface area contributed by atoms with Crippen LogP contribution in [0.1, 0.15) is 40.6 Å². The maximum Gasteiger partial charge on any atom is 0.272 e. The molecule has 1 saturated heterocycles. The monoisotopic (exact) mass is 315 g/mol. The zero-order chi connectivity index (χ0) is 15.1. The number of aryl methyl sites for hydroxylation is 1. The van der Waals surface area contributed by atoms with Crippen LogP contribution in [0.4, 0.5) is 0 Å². The number of amides is 1. The molecule has 1 unspecified atom stereocenters. The molecule has 0 spiro atoms. The highest BCUT2D eigenvalue weighted by atomic mass is 32.1. The molecule has 4 heterocycles. The van der Waals surface area contributed by atoms with Crippen LogP contribution in [-0.2, 0) is 0 Å². The Bertz CT molecular complexity index is 803. The maximum absolute atomic E-state index is 13.0. The second-order valence-electron chi connectivity index (χ2n) is 5.70. The minimum atomic E-state index is 0.0765. The number of hydrogen-bond acceptors (Lipinski definition) is 4. The number of H-pyrrole nitrogens is 1. The Morgan fingerprint density at radius 3 is 3.23 bits per heavy atom. The first kappa shape index (κ1) is 13.5. The number of piperidine rings is 1. The van der Waals surface area contributed by atoms with E-state index in [9.17, 15) is 4.79 Å². The predicted molar refractivity (Wildman–Crippen MR) is 84.3 cm³/mol. The SMILES string of the molecule is Cc1nc2sccn2c1C(=O)N1CCCC(c2ccn[nH]2)C1. The van der Waals surface area contributed by atoms with Gasteiger partial charge in [0.1, 0.15) is 5.69 Å². The fourth-order valence-corrected chi connectivity index (χ4v) is 3.97. The van der Waals surface area contributed by atoms with Gasteiger partial charge in [-0.1, -0.05) is 0 Å². The van der Waals surface area contributed by atoms with Gasteiger partial charge in [-0.3, -0.25) is 14.3 Å². The van der Waals surface area contributed by atoms with Gasteiger partial charge in [-0.25, -0.2) is 4.98 Å². The van der Waals surface area contributed by atoms with E-state index in [4.69, 9.17) is 0 Å². The van der Waals surface area contributed by atoms with Gasteiger partial charge >= 0.3 is 0 Å². The standard InChI is InChI=1S/C15H17N5OS/c1-10-13(20-7-8-22-15(20)17-10)14(21)19-6-2-3-11(9-19)12-4-5-16-18-12/h4-5,7-8,11H,2-3,6,9H2,1H3,(H,16,18). The molecule has 3 aromatic heterocycles. The lowest BCUT2D eigenvalue weighted by Gasteiger charge is -2.32. The van der Waals surface area contributed by atoms with Crippen LogP contribution in [0.5, 0.6) is 0 Å². The number of aromatic nitrogens is 4. The second kappa shape index (κ2) is 5.24. The number of carbonyl (C=O) groups is 1. The van der Waals surface area contributed by atoms with Crippen LogP contribution in [0.25, 0.3) is 4.96 Å². The predicted octanol–water partition coefficient (Wildman–Crippen LogP) is 2.45. The zero-order valence-electron chi connectivity index (χ0n) is 12.3. The Morgan fingerprint density at radius 2 is 2.41 bits per heavy atom. The van der Waals surface area contributed by atoms with Crippen molar-refractivity contribution in [2.45, 2.75) is 25.7 Å². The molecule has 0 radical (unpaired) electrons. The van der Waals surface area contributed by atoms with Crippen molar-refractivity contribution < 1.29 is 4.79 Å². The minimum Gasteiger partial charge on any atom is -0.337 e. The topological polar surface area (TPSA) is 66.3 Å². The lowest BCUT2D eigenvalue weighted by molar-refractivity contribution is 0.0698. The summed E-state index contributed by atoms with van der Waals surface area (Å²) in [6.07, 6.45) is 5.79. The molecular weight excluding hydrogens is 298 g/mol. The van der Waals surface area contributed by atoms with E-state index in [1.54, 1.807) is 17.5 Å². The lowest BCUT2D eigenvalue weighted by atomic mass is 9.94. The first-order valence-electron chi connectivity index (χ1n) is 7.44. The molecule has 4 rings (SSSR count). The van der Waals surface area contributed by atoms with Gasteiger partial charge in [0.25, 0.3) is 5.91 Å². The highest BCUT2D eigenvalue weighted by molar-refractivity contribution is 7.15. The fourth-order valence-electron chi connectivity index (χ4n) is 3.21. The molecule has 7 heteroatoms. The first-order chi connectivity index (χ1) is 10.7. The minimum absolute atomic E-state index is 0.0765. The van der Waals surface area contributed by atoms with E-state index in [2.05, 4.69) is 15.2 Å². The summed E-state index contributed by atoms with van der Waals surface area (Å²) in [5.74, 6) is 0.416. The van der Waals surface area contributed by atoms with Crippen molar-refractivity contribution in [3.05, 3.63) is 40.9 Å². The molecule has 0 aliphatic carbocycles. The third-order valence-electron chi connectivity index (χ3n) is 4.31. The average molecular weight is 315 g/mol. The van der Waals surface area contributed by atoms with Crippen LogP contribution >= 0.6 is 11.3 Å². The average Bonchev–Trinajstić information content (AvgIpc) is 3.23. The molecule has 6 nitrogen and oxygen atoms in total. The molecule has 1 atom stereocenters. The normalized spacial score (nSPS) is 19.0. The van der Waals surface area contributed by atoms with E-state index in [1.165, 1.54) is 0 Å². The zero-order valence-corrected chi connectivity index (χ0v) is 13.1. The summed E-state index contributed by atoms with van der Waals surface area (Å²) in [6, 6.07) is 2.00. The summed E-state index contributed by atoms with van der Waals surface area (Å²) < 4.78 is 1.90. The third kappa shape index (κ3) is 2.12.